The molecule has 0 spiro atoms. The zero-order valence-corrected chi connectivity index (χ0v) is 14.9. The molecule has 134 valence electrons. The highest BCUT2D eigenvalue weighted by Crippen LogP contribution is 2.31. The molecule has 2 heterocycles. The van der Waals surface area contributed by atoms with Crippen molar-refractivity contribution >= 4 is 28.9 Å². The zero-order valence-electron chi connectivity index (χ0n) is 14.9. The minimum atomic E-state index is -0.321. The van der Waals surface area contributed by atoms with Crippen molar-refractivity contribution in [2.24, 2.45) is 5.92 Å². The number of hydrogen-bond acceptors (Lipinski definition) is 3. The second-order valence-electron chi connectivity index (χ2n) is 6.90. The first-order valence-electron chi connectivity index (χ1n) is 9.20. The number of benzene rings is 2. The number of para-hydroxylation sites is 1. The average molecular weight is 349 g/mol. The molecule has 0 aromatic heterocycles. The van der Waals surface area contributed by atoms with Gasteiger partial charge in [-0.25, -0.2) is 0 Å². The standard InChI is InChI=1S/C21H23N3O2/c1-2-23-11-10-15-8-9-17(13-19(15)23)22-21(26)16-12-20(25)24(14-16)18-6-4-3-5-7-18/h3-9,13,16H,2,10-12,14H2,1H3,(H,22,26). The second kappa shape index (κ2) is 6.83. The third kappa shape index (κ3) is 3.05. The van der Waals surface area contributed by atoms with Crippen molar-refractivity contribution in [3.8, 4) is 0 Å². The average Bonchev–Trinajstić information content (AvgIpc) is 3.25. The Morgan fingerprint density at radius 2 is 2.00 bits per heavy atom. The summed E-state index contributed by atoms with van der Waals surface area (Å²) in [7, 11) is 0. The first-order chi connectivity index (χ1) is 12.7. The number of anilines is 3. The van der Waals surface area contributed by atoms with E-state index in [-0.39, 0.29) is 24.2 Å². The first-order valence-corrected chi connectivity index (χ1v) is 9.20. The molecule has 4 rings (SSSR count). The van der Waals surface area contributed by atoms with Gasteiger partial charge in [-0.1, -0.05) is 24.3 Å². The normalized spacial score (nSPS) is 19.0. The molecule has 1 atom stereocenters. The lowest BCUT2D eigenvalue weighted by molar-refractivity contribution is -0.122. The molecule has 0 radical (unpaired) electrons. The van der Waals surface area contributed by atoms with E-state index in [9.17, 15) is 9.59 Å². The number of likely N-dealkylation sites (N-methyl/N-ethyl adjacent to an activating group) is 1. The highest BCUT2D eigenvalue weighted by atomic mass is 16.2. The number of fused-ring (bicyclic) bond motifs is 1. The summed E-state index contributed by atoms with van der Waals surface area (Å²) in [4.78, 5) is 29.0. The number of rotatable bonds is 4. The fraction of sp³-hybridized carbons (Fsp3) is 0.333. The van der Waals surface area contributed by atoms with Crippen LogP contribution in [0.15, 0.2) is 48.5 Å². The molecule has 1 N–H and O–H groups in total. The topological polar surface area (TPSA) is 52.7 Å². The van der Waals surface area contributed by atoms with Gasteiger partial charge in [-0.05, 0) is 43.2 Å². The quantitative estimate of drug-likeness (QED) is 0.923. The summed E-state index contributed by atoms with van der Waals surface area (Å²) in [6, 6.07) is 15.6. The minimum absolute atomic E-state index is 0.00228. The monoisotopic (exact) mass is 349 g/mol. The van der Waals surface area contributed by atoms with Crippen LogP contribution in [-0.2, 0) is 16.0 Å². The van der Waals surface area contributed by atoms with E-state index in [0.29, 0.717) is 6.54 Å². The summed E-state index contributed by atoms with van der Waals surface area (Å²) in [5.41, 5.74) is 4.19. The molecule has 2 aromatic rings. The Labute approximate surface area is 153 Å². The lowest BCUT2D eigenvalue weighted by atomic mass is 10.1. The fourth-order valence-electron chi connectivity index (χ4n) is 3.84. The predicted molar refractivity (Wildman–Crippen MR) is 104 cm³/mol. The van der Waals surface area contributed by atoms with E-state index in [4.69, 9.17) is 0 Å². The van der Waals surface area contributed by atoms with E-state index < -0.39 is 0 Å². The molecule has 0 bridgehead atoms. The van der Waals surface area contributed by atoms with Gasteiger partial charge < -0.3 is 15.1 Å². The van der Waals surface area contributed by atoms with Gasteiger partial charge in [0.2, 0.25) is 11.8 Å². The number of carbonyl (C=O) groups is 2. The van der Waals surface area contributed by atoms with Crippen LogP contribution in [0.1, 0.15) is 18.9 Å². The maximum absolute atomic E-state index is 12.7. The summed E-state index contributed by atoms with van der Waals surface area (Å²) >= 11 is 0. The van der Waals surface area contributed by atoms with E-state index in [1.807, 2.05) is 36.4 Å². The van der Waals surface area contributed by atoms with Crippen molar-refractivity contribution in [3.05, 3.63) is 54.1 Å². The van der Waals surface area contributed by atoms with Gasteiger partial charge in [0.05, 0.1) is 5.92 Å². The molecule has 5 nitrogen and oxygen atoms in total. The molecule has 26 heavy (non-hydrogen) atoms. The second-order valence-corrected chi connectivity index (χ2v) is 6.90. The van der Waals surface area contributed by atoms with E-state index in [1.165, 1.54) is 11.3 Å². The molecule has 2 aliphatic rings. The van der Waals surface area contributed by atoms with Gasteiger partial charge in [0.15, 0.2) is 0 Å². The van der Waals surface area contributed by atoms with Crippen molar-refractivity contribution in [2.75, 3.05) is 34.8 Å². The molecule has 1 saturated heterocycles. The molecule has 0 aliphatic carbocycles. The molecule has 1 fully saturated rings. The third-order valence-corrected chi connectivity index (χ3v) is 5.29. The third-order valence-electron chi connectivity index (χ3n) is 5.29. The molecular weight excluding hydrogens is 326 g/mol. The van der Waals surface area contributed by atoms with Crippen LogP contribution < -0.4 is 15.1 Å². The van der Waals surface area contributed by atoms with Gasteiger partial charge in [0.1, 0.15) is 0 Å². The van der Waals surface area contributed by atoms with Gasteiger partial charge in [-0.15, -0.1) is 0 Å². The molecular formula is C21H23N3O2. The number of nitrogens with one attached hydrogen (secondary N) is 1. The summed E-state index contributed by atoms with van der Waals surface area (Å²) in [5.74, 6) is -0.404. The Bertz CT molecular complexity index is 834. The Morgan fingerprint density at radius 1 is 1.19 bits per heavy atom. The Kier molecular flexibility index (Phi) is 4.37. The lowest BCUT2D eigenvalue weighted by Gasteiger charge is -2.18. The van der Waals surface area contributed by atoms with Crippen molar-refractivity contribution in [1.82, 2.24) is 0 Å². The van der Waals surface area contributed by atoms with Crippen molar-refractivity contribution in [3.63, 3.8) is 0 Å². The van der Waals surface area contributed by atoms with E-state index in [0.717, 1.165) is 30.9 Å². The minimum Gasteiger partial charge on any atom is -0.371 e. The lowest BCUT2D eigenvalue weighted by Crippen LogP contribution is -2.28. The van der Waals surface area contributed by atoms with Crippen LogP contribution in [0.2, 0.25) is 0 Å². The van der Waals surface area contributed by atoms with Crippen LogP contribution in [0.5, 0.6) is 0 Å². The largest absolute Gasteiger partial charge is 0.371 e. The van der Waals surface area contributed by atoms with E-state index >= 15 is 0 Å². The zero-order chi connectivity index (χ0) is 18.1. The van der Waals surface area contributed by atoms with E-state index in [2.05, 4.69) is 29.3 Å². The molecule has 2 amide bonds. The van der Waals surface area contributed by atoms with Gasteiger partial charge in [0.25, 0.3) is 0 Å². The Balaban J connectivity index is 1.45. The number of hydrogen-bond donors (Lipinski definition) is 1. The highest BCUT2D eigenvalue weighted by Gasteiger charge is 2.35. The van der Waals surface area contributed by atoms with E-state index in [1.54, 1.807) is 4.90 Å². The van der Waals surface area contributed by atoms with Gasteiger partial charge in [0, 0.05) is 43.1 Å². The van der Waals surface area contributed by atoms with Gasteiger partial charge >= 0.3 is 0 Å². The van der Waals surface area contributed by atoms with Crippen LogP contribution >= 0.6 is 0 Å². The fourth-order valence-corrected chi connectivity index (χ4v) is 3.84. The van der Waals surface area contributed by atoms with Crippen LogP contribution in [-0.4, -0.2) is 31.4 Å². The van der Waals surface area contributed by atoms with Crippen LogP contribution in [0, 0.1) is 5.92 Å². The SMILES string of the molecule is CCN1CCc2ccc(NC(=O)C3CC(=O)N(c4ccccc4)C3)cc21. The summed E-state index contributed by atoms with van der Waals surface area (Å²) in [6.07, 6.45) is 1.31. The molecule has 0 saturated carbocycles. The van der Waals surface area contributed by atoms with Crippen LogP contribution in [0.3, 0.4) is 0 Å². The molecule has 1 unspecified atom stereocenters. The van der Waals surface area contributed by atoms with Crippen molar-refractivity contribution < 1.29 is 9.59 Å². The molecule has 2 aromatic carbocycles. The summed E-state index contributed by atoms with van der Waals surface area (Å²) in [5, 5.41) is 3.01. The van der Waals surface area contributed by atoms with Crippen molar-refractivity contribution in [2.45, 2.75) is 19.8 Å². The predicted octanol–water partition coefficient (Wildman–Crippen LogP) is 3.06. The number of nitrogens with zero attached hydrogens (tertiary/aromatic N) is 2. The van der Waals surface area contributed by atoms with Crippen molar-refractivity contribution in [1.29, 1.82) is 0 Å². The molecule has 2 aliphatic heterocycles. The van der Waals surface area contributed by atoms with Gasteiger partial charge in [-0.2, -0.15) is 0 Å². The van der Waals surface area contributed by atoms with Crippen LogP contribution in [0.4, 0.5) is 17.1 Å². The Morgan fingerprint density at radius 3 is 2.77 bits per heavy atom. The Hall–Kier alpha value is -2.82. The maximum atomic E-state index is 12.7. The summed E-state index contributed by atoms with van der Waals surface area (Å²) in [6.45, 7) is 4.57. The molecule has 5 heteroatoms. The smallest absolute Gasteiger partial charge is 0.229 e. The first kappa shape index (κ1) is 16.6. The number of amides is 2. The number of carbonyl (C=O) groups excluding carboxylic acids is 2. The highest BCUT2D eigenvalue weighted by molar-refractivity contribution is 6.03. The summed E-state index contributed by atoms with van der Waals surface area (Å²) < 4.78 is 0. The van der Waals surface area contributed by atoms with Crippen LogP contribution in [0.25, 0.3) is 0 Å². The van der Waals surface area contributed by atoms with Gasteiger partial charge in [-0.3, -0.25) is 9.59 Å². The maximum Gasteiger partial charge on any atom is 0.229 e.